The second-order valence-corrected chi connectivity index (χ2v) is 7.31. The van der Waals surface area contributed by atoms with Crippen LogP contribution >= 0.6 is 35.0 Å². The van der Waals surface area contributed by atoms with Crippen molar-refractivity contribution in [2.75, 3.05) is 0 Å². The molecule has 2 heterocycles. The van der Waals surface area contributed by atoms with Crippen LogP contribution in [0.1, 0.15) is 23.4 Å². The number of aromatic nitrogens is 1. The molecule has 1 amide bonds. The average molecular weight is 353 g/mol. The maximum atomic E-state index is 12.5. The van der Waals surface area contributed by atoms with Crippen molar-refractivity contribution >= 4 is 40.9 Å². The Morgan fingerprint density at radius 1 is 1.27 bits per heavy atom. The Balaban J connectivity index is 1.92. The van der Waals surface area contributed by atoms with E-state index in [4.69, 9.17) is 23.2 Å². The summed E-state index contributed by atoms with van der Waals surface area (Å²) < 4.78 is 0. The molecule has 1 fully saturated rings. The molecule has 1 saturated heterocycles. The third kappa shape index (κ3) is 2.96. The molecule has 6 heteroatoms. The van der Waals surface area contributed by atoms with Gasteiger partial charge < -0.3 is 4.90 Å². The van der Waals surface area contributed by atoms with Crippen molar-refractivity contribution in [3.63, 3.8) is 0 Å². The number of carbonyl (C=O) groups is 1. The molecule has 3 rings (SSSR count). The van der Waals surface area contributed by atoms with E-state index in [1.165, 1.54) is 0 Å². The van der Waals surface area contributed by atoms with Crippen LogP contribution in [0.4, 0.5) is 0 Å². The topological polar surface area (TPSA) is 33.2 Å². The Morgan fingerprint density at radius 2 is 2.09 bits per heavy atom. The van der Waals surface area contributed by atoms with Crippen LogP contribution in [0.2, 0.25) is 10.0 Å². The summed E-state index contributed by atoms with van der Waals surface area (Å²) in [6.07, 6.45) is 3.53. The lowest BCUT2D eigenvalue weighted by molar-refractivity contribution is -0.130. The number of nitrogens with zero attached hydrogens (tertiary/aromatic N) is 2. The van der Waals surface area contributed by atoms with Gasteiger partial charge in [-0.2, -0.15) is 0 Å². The molecular weight excluding hydrogens is 339 g/mol. The number of benzene rings is 1. The summed E-state index contributed by atoms with van der Waals surface area (Å²) >= 11 is 14.0. The molecule has 2 unspecified atom stereocenters. The minimum atomic E-state index is -0.0804. The number of hydrogen-bond donors (Lipinski definition) is 0. The predicted octanol–water partition coefficient (Wildman–Crippen LogP) is 4.55. The van der Waals surface area contributed by atoms with Crippen molar-refractivity contribution < 1.29 is 4.79 Å². The largest absolute Gasteiger partial charge is 0.321 e. The number of pyridine rings is 1. The van der Waals surface area contributed by atoms with Gasteiger partial charge in [0.1, 0.15) is 5.37 Å². The van der Waals surface area contributed by atoms with Crippen molar-refractivity contribution in [3.05, 3.63) is 63.9 Å². The molecule has 2 aromatic rings. The van der Waals surface area contributed by atoms with Crippen LogP contribution in [0.25, 0.3) is 0 Å². The van der Waals surface area contributed by atoms with Gasteiger partial charge >= 0.3 is 0 Å². The minimum absolute atomic E-state index is 0.0498. The highest BCUT2D eigenvalue weighted by atomic mass is 35.5. The second kappa shape index (κ2) is 6.49. The average Bonchev–Trinajstić information content (AvgIpc) is 2.81. The number of amides is 1. The van der Waals surface area contributed by atoms with Crippen LogP contribution < -0.4 is 0 Å². The molecular formula is C16H14Cl2N2OS. The highest BCUT2D eigenvalue weighted by molar-refractivity contribution is 8.01. The summed E-state index contributed by atoms with van der Waals surface area (Å²) in [5.41, 5.74) is 1.87. The van der Waals surface area contributed by atoms with Gasteiger partial charge in [-0.3, -0.25) is 9.78 Å². The molecule has 0 saturated carbocycles. The quantitative estimate of drug-likeness (QED) is 0.812. The van der Waals surface area contributed by atoms with Gasteiger partial charge in [-0.25, -0.2) is 0 Å². The number of hydrogen-bond acceptors (Lipinski definition) is 3. The Morgan fingerprint density at radius 3 is 2.82 bits per heavy atom. The molecule has 0 spiro atoms. The zero-order valence-corrected chi connectivity index (χ0v) is 14.2. The first kappa shape index (κ1) is 15.7. The molecule has 1 aliphatic heterocycles. The van der Waals surface area contributed by atoms with Crippen LogP contribution in [-0.4, -0.2) is 21.0 Å². The lowest BCUT2D eigenvalue weighted by atomic mass is 10.2. The van der Waals surface area contributed by atoms with E-state index in [0.29, 0.717) is 16.6 Å². The maximum absolute atomic E-state index is 12.5. The predicted molar refractivity (Wildman–Crippen MR) is 91.0 cm³/mol. The molecule has 1 aromatic carbocycles. The number of thioether (sulfide) groups is 1. The molecule has 0 radical (unpaired) electrons. The summed E-state index contributed by atoms with van der Waals surface area (Å²) in [7, 11) is 0. The molecule has 2 atom stereocenters. The third-order valence-electron chi connectivity index (χ3n) is 3.59. The number of halogens is 2. The minimum Gasteiger partial charge on any atom is -0.321 e. The molecule has 0 N–H and O–H groups in total. The van der Waals surface area contributed by atoms with E-state index >= 15 is 0 Å². The third-order valence-corrected chi connectivity index (χ3v) is 5.84. The Hall–Kier alpha value is -1.23. The first-order chi connectivity index (χ1) is 10.6. The molecule has 3 nitrogen and oxygen atoms in total. The van der Waals surface area contributed by atoms with Crippen molar-refractivity contribution in [2.24, 2.45) is 0 Å². The molecule has 1 aromatic heterocycles. The smallest absolute Gasteiger partial charge is 0.236 e. The van der Waals surface area contributed by atoms with Crippen LogP contribution in [0.5, 0.6) is 0 Å². The first-order valence-electron chi connectivity index (χ1n) is 6.86. The van der Waals surface area contributed by atoms with E-state index in [1.807, 2.05) is 36.1 Å². The van der Waals surface area contributed by atoms with Crippen molar-refractivity contribution in [3.8, 4) is 0 Å². The normalized spacial score (nSPS) is 21.4. The summed E-state index contributed by atoms with van der Waals surface area (Å²) in [4.78, 5) is 18.5. The van der Waals surface area contributed by atoms with Crippen LogP contribution in [0.3, 0.4) is 0 Å². The number of carbonyl (C=O) groups excluding carboxylic acids is 1. The SMILES string of the molecule is CC1SC(c2cccnc2)N(Cc2cccc(Cl)c2Cl)C1=O. The van der Waals surface area contributed by atoms with Crippen LogP contribution in [0.15, 0.2) is 42.7 Å². The van der Waals surface area contributed by atoms with E-state index in [-0.39, 0.29) is 16.5 Å². The Bertz CT molecular complexity index is 696. The maximum Gasteiger partial charge on any atom is 0.236 e. The van der Waals surface area contributed by atoms with Crippen molar-refractivity contribution in [2.45, 2.75) is 24.1 Å². The lowest BCUT2D eigenvalue weighted by Crippen LogP contribution is -2.30. The van der Waals surface area contributed by atoms with Crippen molar-refractivity contribution in [1.82, 2.24) is 9.88 Å². The Kier molecular flexibility index (Phi) is 4.62. The highest BCUT2D eigenvalue weighted by Crippen LogP contribution is 2.44. The fourth-order valence-corrected chi connectivity index (χ4v) is 4.11. The van der Waals surface area contributed by atoms with Gasteiger partial charge in [-0.05, 0) is 24.6 Å². The van der Waals surface area contributed by atoms with Crippen LogP contribution in [0, 0.1) is 0 Å². The molecule has 0 aliphatic carbocycles. The summed E-state index contributed by atoms with van der Waals surface area (Å²) in [5.74, 6) is 0.106. The zero-order chi connectivity index (χ0) is 15.7. The van der Waals surface area contributed by atoms with E-state index in [0.717, 1.165) is 11.1 Å². The standard InChI is InChI=1S/C16H14Cl2N2OS/c1-10-15(21)20(9-12-4-2-6-13(17)14(12)18)16(22-10)11-5-3-7-19-8-11/h2-8,10,16H,9H2,1H3. The monoisotopic (exact) mass is 352 g/mol. The fourth-order valence-electron chi connectivity index (χ4n) is 2.47. The Labute approximate surface area is 143 Å². The molecule has 22 heavy (non-hydrogen) atoms. The van der Waals surface area contributed by atoms with E-state index < -0.39 is 0 Å². The summed E-state index contributed by atoms with van der Waals surface area (Å²) in [5, 5.41) is 0.880. The summed E-state index contributed by atoms with van der Waals surface area (Å²) in [6.45, 7) is 2.37. The van der Waals surface area contributed by atoms with Gasteiger partial charge in [0.15, 0.2) is 0 Å². The van der Waals surface area contributed by atoms with Gasteiger partial charge in [0, 0.05) is 24.5 Å². The molecule has 114 valence electrons. The van der Waals surface area contributed by atoms with E-state index in [9.17, 15) is 4.79 Å². The van der Waals surface area contributed by atoms with Gasteiger partial charge in [-0.1, -0.05) is 41.4 Å². The lowest BCUT2D eigenvalue weighted by Gasteiger charge is -2.24. The highest BCUT2D eigenvalue weighted by Gasteiger charge is 2.38. The molecule has 1 aliphatic rings. The van der Waals surface area contributed by atoms with Gasteiger partial charge in [-0.15, -0.1) is 11.8 Å². The van der Waals surface area contributed by atoms with E-state index in [1.54, 1.807) is 30.2 Å². The second-order valence-electron chi connectivity index (χ2n) is 5.10. The fraction of sp³-hybridized carbons (Fsp3) is 0.250. The van der Waals surface area contributed by atoms with Crippen molar-refractivity contribution in [1.29, 1.82) is 0 Å². The van der Waals surface area contributed by atoms with Crippen LogP contribution in [-0.2, 0) is 11.3 Å². The zero-order valence-electron chi connectivity index (χ0n) is 11.9. The summed E-state index contributed by atoms with van der Waals surface area (Å²) in [6, 6.07) is 9.36. The number of rotatable bonds is 3. The first-order valence-corrected chi connectivity index (χ1v) is 8.56. The van der Waals surface area contributed by atoms with E-state index in [2.05, 4.69) is 4.98 Å². The van der Waals surface area contributed by atoms with Gasteiger partial charge in [0.25, 0.3) is 0 Å². The van der Waals surface area contributed by atoms with Gasteiger partial charge in [0.05, 0.1) is 15.3 Å². The molecule has 0 bridgehead atoms. The van der Waals surface area contributed by atoms with Gasteiger partial charge in [0.2, 0.25) is 5.91 Å².